The third-order valence-corrected chi connectivity index (χ3v) is 6.77. The monoisotopic (exact) mass is 345 g/mol. The zero-order valence-corrected chi connectivity index (χ0v) is 15.1. The molecule has 0 unspecified atom stereocenters. The van der Waals surface area contributed by atoms with E-state index >= 15 is 0 Å². The average Bonchev–Trinajstić information content (AvgIpc) is 2.59. The summed E-state index contributed by atoms with van der Waals surface area (Å²) in [7, 11) is 0.809. The van der Waals surface area contributed by atoms with Crippen molar-refractivity contribution in [2.75, 3.05) is 19.4 Å². The van der Waals surface area contributed by atoms with Crippen molar-refractivity contribution in [3.63, 3.8) is 0 Å². The molecule has 1 aliphatic heterocycles. The Morgan fingerprint density at radius 2 is 2.08 bits per heavy atom. The number of carbonyl (C=O) groups is 1. The topological polar surface area (TPSA) is 46.6 Å². The fraction of sp³-hybridized carbons (Fsp3) is 0.421. The quantitative estimate of drug-likeness (QED) is 0.859. The number of ether oxygens (including phenoxy) is 1. The lowest BCUT2D eigenvalue weighted by atomic mass is 10.0. The van der Waals surface area contributed by atoms with E-state index in [9.17, 15) is 9.00 Å². The molecule has 2 aromatic carbocycles. The standard InChI is InChI=1S/C19H23NO3S/c1-13-14(2)24(22)10-9-20(13)19(21)11-16-6-4-5-15-7-8-17(23-3)12-18(15)16/h4-8,12-14H,9-11H2,1-3H3/t13-,14+,24-/m0/s1. The predicted molar refractivity (Wildman–Crippen MR) is 97.9 cm³/mol. The van der Waals surface area contributed by atoms with Gasteiger partial charge in [0, 0.05) is 29.1 Å². The smallest absolute Gasteiger partial charge is 0.227 e. The summed E-state index contributed by atoms with van der Waals surface area (Å²) in [6.45, 7) is 4.53. The number of nitrogens with zero attached hydrogens (tertiary/aromatic N) is 1. The van der Waals surface area contributed by atoms with Crippen LogP contribution in [0.5, 0.6) is 5.75 Å². The maximum Gasteiger partial charge on any atom is 0.227 e. The lowest BCUT2D eigenvalue weighted by Crippen LogP contribution is -2.52. The van der Waals surface area contributed by atoms with E-state index in [0.29, 0.717) is 18.7 Å². The van der Waals surface area contributed by atoms with E-state index in [1.54, 1.807) is 7.11 Å². The highest BCUT2D eigenvalue weighted by atomic mass is 32.2. The van der Waals surface area contributed by atoms with E-state index in [4.69, 9.17) is 4.74 Å². The van der Waals surface area contributed by atoms with Crippen LogP contribution in [0.15, 0.2) is 36.4 Å². The van der Waals surface area contributed by atoms with Crippen LogP contribution >= 0.6 is 0 Å². The molecular weight excluding hydrogens is 322 g/mol. The van der Waals surface area contributed by atoms with Gasteiger partial charge in [-0.15, -0.1) is 0 Å². The minimum atomic E-state index is -0.836. The second-order valence-electron chi connectivity index (χ2n) is 6.30. The van der Waals surface area contributed by atoms with Crippen LogP contribution in [-0.2, 0) is 22.0 Å². The average molecular weight is 345 g/mol. The third kappa shape index (κ3) is 3.18. The highest BCUT2D eigenvalue weighted by molar-refractivity contribution is 7.85. The molecule has 1 fully saturated rings. The van der Waals surface area contributed by atoms with Crippen molar-refractivity contribution < 1.29 is 13.7 Å². The van der Waals surface area contributed by atoms with Crippen molar-refractivity contribution in [1.82, 2.24) is 4.90 Å². The molecule has 2 aromatic rings. The Morgan fingerprint density at radius 1 is 1.29 bits per heavy atom. The Balaban J connectivity index is 1.87. The zero-order valence-electron chi connectivity index (χ0n) is 14.3. The van der Waals surface area contributed by atoms with Crippen molar-refractivity contribution in [3.8, 4) is 5.75 Å². The van der Waals surface area contributed by atoms with Crippen molar-refractivity contribution >= 4 is 27.5 Å². The van der Waals surface area contributed by atoms with Crippen molar-refractivity contribution in [2.24, 2.45) is 0 Å². The molecule has 0 spiro atoms. The van der Waals surface area contributed by atoms with Gasteiger partial charge >= 0.3 is 0 Å². The van der Waals surface area contributed by atoms with Gasteiger partial charge in [-0.05, 0) is 42.3 Å². The number of hydrogen-bond acceptors (Lipinski definition) is 3. The molecule has 128 valence electrons. The van der Waals surface area contributed by atoms with Gasteiger partial charge in [0.05, 0.1) is 18.8 Å². The summed E-state index contributed by atoms with van der Waals surface area (Å²) in [5.74, 6) is 1.46. The summed E-state index contributed by atoms with van der Waals surface area (Å²) in [4.78, 5) is 14.7. The highest BCUT2D eigenvalue weighted by Crippen LogP contribution is 2.25. The molecule has 1 aliphatic rings. The van der Waals surface area contributed by atoms with Gasteiger partial charge in [0.25, 0.3) is 0 Å². The number of amides is 1. The molecule has 24 heavy (non-hydrogen) atoms. The first-order chi connectivity index (χ1) is 11.5. The fourth-order valence-electron chi connectivity index (χ4n) is 3.26. The van der Waals surface area contributed by atoms with Gasteiger partial charge in [-0.2, -0.15) is 0 Å². The zero-order chi connectivity index (χ0) is 17.3. The van der Waals surface area contributed by atoms with E-state index < -0.39 is 10.8 Å². The molecule has 0 aromatic heterocycles. The van der Waals surface area contributed by atoms with Crippen molar-refractivity contribution in [1.29, 1.82) is 0 Å². The molecule has 5 heteroatoms. The molecular formula is C19H23NO3S. The molecule has 0 radical (unpaired) electrons. The molecule has 4 nitrogen and oxygen atoms in total. The van der Waals surface area contributed by atoms with Crippen LogP contribution in [0.1, 0.15) is 19.4 Å². The molecule has 0 saturated carbocycles. The third-order valence-electron chi connectivity index (χ3n) is 4.96. The van der Waals surface area contributed by atoms with Gasteiger partial charge in [-0.3, -0.25) is 9.00 Å². The van der Waals surface area contributed by atoms with Gasteiger partial charge in [0.15, 0.2) is 0 Å². The maximum atomic E-state index is 12.8. The van der Waals surface area contributed by atoms with Crippen LogP contribution in [0, 0.1) is 0 Å². The van der Waals surface area contributed by atoms with Crippen molar-refractivity contribution in [2.45, 2.75) is 31.6 Å². The van der Waals surface area contributed by atoms with Gasteiger partial charge < -0.3 is 9.64 Å². The first-order valence-corrected chi connectivity index (χ1v) is 9.61. The van der Waals surface area contributed by atoms with E-state index in [0.717, 1.165) is 22.1 Å². The number of carbonyl (C=O) groups excluding carboxylic acids is 1. The Kier molecular flexibility index (Phi) is 4.90. The summed E-state index contributed by atoms with van der Waals surface area (Å²) in [5.41, 5.74) is 1.00. The molecule has 3 atom stereocenters. The molecule has 1 heterocycles. The first kappa shape index (κ1) is 17.0. The molecule has 3 rings (SSSR count). The minimum absolute atomic E-state index is 0.0107. The minimum Gasteiger partial charge on any atom is -0.497 e. The first-order valence-electron chi connectivity index (χ1n) is 8.23. The van der Waals surface area contributed by atoms with Gasteiger partial charge in [-0.25, -0.2) is 0 Å². The predicted octanol–water partition coefficient (Wildman–Crippen LogP) is 2.76. The lowest BCUT2D eigenvalue weighted by Gasteiger charge is -2.37. The van der Waals surface area contributed by atoms with Gasteiger partial charge in [0.2, 0.25) is 5.91 Å². The lowest BCUT2D eigenvalue weighted by molar-refractivity contribution is -0.132. The second-order valence-corrected chi connectivity index (χ2v) is 8.21. The number of fused-ring (bicyclic) bond motifs is 1. The largest absolute Gasteiger partial charge is 0.497 e. The summed E-state index contributed by atoms with van der Waals surface area (Å²) in [6, 6.07) is 11.9. The number of rotatable bonds is 3. The van der Waals surface area contributed by atoms with Gasteiger partial charge in [-0.1, -0.05) is 24.3 Å². The Labute approximate surface area is 145 Å². The molecule has 0 aliphatic carbocycles. The Hall–Kier alpha value is -1.88. The normalized spacial score (nSPS) is 24.1. The van der Waals surface area contributed by atoms with Crippen LogP contribution in [-0.4, -0.2) is 45.7 Å². The molecule has 0 N–H and O–H groups in total. The van der Waals surface area contributed by atoms with E-state index in [1.165, 1.54) is 0 Å². The van der Waals surface area contributed by atoms with E-state index in [-0.39, 0.29) is 17.2 Å². The van der Waals surface area contributed by atoms with Crippen molar-refractivity contribution in [3.05, 3.63) is 42.0 Å². The van der Waals surface area contributed by atoms with E-state index in [1.807, 2.05) is 55.1 Å². The van der Waals surface area contributed by atoms with E-state index in [2.05, 4.69) is 0 Å². The maximum absolute atomic E-state index is 12.8. The fourth-order valence-corrected chi connectivity index (χ4v) is 4.60. The molecule has 1 saturated heterocycles. The summed E-state index contributed by atoms with van der Waals surface area (Å²) in [5, 5.41) is 2.17. The molecule has 0 bridgehead atoms. The summed E-state index contributed by atoms with van der Waals surface area (Å²) in [6.07, 6.45) is 0.355. The molecule has 1 amide bonds. The number of hydrogen-bond donors (Lipinski definition) is 0. The second kappa shape index (κ2) is 6.93. The van der Waals surface area contributed by atoms with Crippen LogP contribution in [0.4, 0.5) is 0 Å². The summed E-state index contributed by atoms with van der Waals surface area (Å²) < 4.78 is 17.2. The van der Waals surface area contributed by atoms with Gasteiger partial charge in [0.1, 0.15) is 5.75 Å². The highest BCUT2D eigenvalue weighted by Gasteiger charge is 2.32. The summed E-state index contributed by atoms with van der Waals surface area (Å²) >= 11 is 0. The van der Waals surface area contributed by atoms with Crippen LogP contribution < -0.4 is 4.74 Å². The van der Waals surface area contributed by atoms with Crippen LogP contribution in [0.2, 0.25) is 0 Å². The number of benzene rings is 2. The van der Waals surface area contributed by atoms with Crippen LogP contribution in [0.25, 0.3) is 10.8 Å². The number of methoxy groups -OCH3 is 1. The van der Waals surface area contributed by atoms with Crippen LogP contribution in [0.3, 0.4) is 0 Å². The Morgan fingerprint density at radius 3 is 2.83 bits per heavy atom. The SMILES string of the molecule is COc1ccc2cccc(CC(=O)N3CC[S@](=O)[C@H](C)[C@@H]3C)c2c1. The Bertz CT molecular complexity index is 789.